The number of rotatable bonds is 7. The highest BCUT2D eigenvalue weighted by atomic mass is 35.5. The number of halogens is 1. The molecule has 3 rings (SSSR count). The van der Waals surface area contributed by atoms with Crippen LogP contribution < -0.4 is 10.1 Å². The lowest BCUT2D eigenvalue weighted by molar-refractivity contribution is 0.280. The first-order valence-corrected chi connectivity index (χ1v) is 9.21. The molecule has 0 bridgehead atoms. The number of nitrogens with zero attached hydrogens (tertiary/aromatic N) is 4. The third-order valence-electron chi connectivity index (χ3n) is 3.98. The van der Waals surface area contributed by atoms with Gasteiger partial charge in [0.25, 0.3) is 0 Å². The van der Waals surface area contributed by atoms with Gasteiger partial charge in [0, 0.05) is 24.7 Å². The highest BCUT2D eigenvalue weighted by Gasteiger charge is 2.11. The Morgan fingerprint density at radius 3 is 2.64 bits per heavy atom. The van der Waals surface area contributed by atoms with Gasteiger partial charge in [0.1, 0.15) is 12.4 Å². The van der Waals surface area contributed by atoms with Gasteiger partial charge in [0.15, 0.2) is 5.96 Å². The summed E-state index contributed by atoms with van der Waals surface area (Å²) in [6.45, 7) is 1.59. The van der Waals surface area contributed by atoms with Crippen LogP contribution in [0.5, 0.6) is 5.75 Å². The zero-order chi connectivity index (χ0) is 19.8. The van der Waals surface area contributed by atoms with Gasteiger partial charge in [-0.25, -0.2) is 0 Å². The van der Waals surface area contributed by atoms with Crippen LogP contribution in [-0.2, 0) is 6.54 Å². The molecule has 0 unspecified atom stereocenters. The summed E-state index contributed by atoms with van der Waals surface area (Å²) in [5.41, 5.74) is 0.846. The molecule has 0 aliphatic carbocycles. The second kappa shape index (κ2) is 9.75. The molecule has 2 aromatic carbocycles. The van der Waals surface area contributed by atoms with E-state index in [0.717, 1.165) is 11.3 Å². The van der Waals surface area contributed by atoms with Gasteiger partial charge in [-0.05, 0) is 36.4 Å². The monoisotopic (exact) mass is 399 g/mol. The van der Waals surface area contributed by atoms with Gasteiger partial charge in [0.05, 0.1) is 13.1 Å². The average Bonchev–Trinajstić information content (AvgIpc) is 3.19. The predicted octanol–water partition coefficient (Wildman–Crippen LogP) is 3.48. The average molecular weight is 400 g/mol. The van der Waals surface area contributed by atoms with E-state index in [1.54, 1.807) is 19.2 Å². The molecule has 146 valence electrons. The number of likely N-dealkylation sites (N-methyl/N-ethyl adjacent to an activating group) is 1. The van der Waals surface area contributed by atoms with Crippen molar-refractivity contribution in [3.05, 3.63) is 65.5 Å². The first-order chi connectivity index (χ1) is 13.7. The fourth-order valence-electron chi connectivity index (χ4n) is 2.51. The first kappa shape index (κ1) is 19.7. The Morgan fingerprint density at radius 1 is 1.18 bits per heavy atom. The Labute approximate surface area is 169 Å². The predicted molar refractivity (Wildman–Crippen MR) is 110 cm³/mol. The Balaban J connectivity index is 1.49. The van der Waals surface area contributed by atoms with Crippen molar-refractivity contribution in [3.8, 4) is 17.1 Å². The van der Waals surface area contributed by atoms with Crippen LogP contribution in [0, 0.1) is 0 Å². The Hall–Kier alpha value is -3.06. The van der Waals surface area contributed by atoms with Crippen molar-refractivity contribution < 1.29 is 9.26 Å². The molecule has 7 nitrogen and oxygen atoms in total. The van der Waals surface area contributed by atoms with Crippen molar-refractivity contribution >= 4 is 17.6 Å². The minimum absolute atomic E-state index is 0.372. The molecule has 0 atom stereocenters. The number of benzene rings is 2. The van der Waals surface area contributed by atoms with E-state index in [9.17, 15) is 0 Å². The van der Waals surface area contributed by atoms with Crippen molar-refractivity contribution in [2.45, 2.75) is 6.54 Å². The third-order valence-corrected chi connectivity index (χ3v) is 4.23. The lowest BCUT2D eigenvalue weighted by Crippen LogP contribution is -2.40. The minimum atomic E-state index is 0.372. The number of para-hydroxylation sites is 1. The van der Waals surface area contributed by atoms with Gasteiger partial charge in [0.2, 0.25) is 11.7 Å². The zero-order valence-corrected chi connectivity index (χ0v) is 16.6. The van der Waals surface area contributed by atoms with Gasteiger partial charge < -0.3 is 19.5 Å². The minimum Gasteiger partial charge on any atom is -0.492 e. The van der Waals surface area contributed by atoms with Crippen LogP contribution in [0.15, 0.2) is 64.1 Å². The number of hydrogen-bond donors (Lipinski definition) is 1. The van der Waals surface area contributed by atoms with E-state index < -0.39 is 0 Å². The van der Waals surface area contributed by atoms with E-state index in [2.05, 4.69) is 20.4 Å². The largest absolute Gasteiger partial charge is 0.492 e. The molecule has 0 saturated heterocycles. The SMILES string of the molecule is CN=C(NCc1nc(-c2ccc(Cl)cc2)no1)N(C)CCOc1ccccc1. The van der Waals surface area contributed by atoms with E-state index >= 15 is 0 Å². The van der Waals surface area contributed by atoms with Gasteiger partial charge in [-0.1, -0.05) is 35.0 Å². The van der Waals surface area contributed by atoms with Crippen molar-refractivity contribution in [2.75, 3.05) is 27.2 Å². The van der Waals surface area contributed by atoms with E-state index in [1.165, 1.54) is 0 Å². The fraction of sp³-hybridized carbons (Fsp3) is 0.250. The van der Waals surface area contributed by atoms with E-state index in [0.29, 0.717) is 42.4 Å². The topological polar surface area (TPSA) is 75.8 Å². The number of aliphatic imine (C=N–C) groups is 1. The lowest BCUT2D eigenvalue weighted by Gasteiger charge is -2.21. The molecule has 0 amide bonds. The second-order valence-electron chi connectivity index (χ2n) is 6.00. The summed E-state index contributed by atoms with van der Waals surface area (Å²) < 4.78 is 11.0. The summed E-state index contributed by atoms with van der Waals surface area (Å²) in [4.78, 5) is 10.6. The smallest absolute Gasteiger partial charge is 0.246 e. The van der Waals surface area contributed by atoms with Crippen LogP contribution in [0.25, 0.3) is 11.4 Å². The Kier molecular flexibility index (Phi) is 6.86. The van der Waals surface area contributed by atoms with Gasteiger partial charge >= 0.3 is 0 Å². The summed E-state index contributed by atoms with van der Waals surface area (Å²) in [6.07, 6.45) is 0. The van der Waals surface area contributed by atoms with Crippen molar-refractivity contribution in [3.63, 3.8) is 0 Å². The van der Waals surface area contributed by atoms with Crippen molar-refractivity contribution in [1.29, 1.82) is 0 Å². The molecule has 0 fully saturated rings. The Morgan fingerprint density at radius 2 is 1.93 bits per heavy atom. The van der Waals surface area contributed by atoms with Crippen molar-refractivity contribution in [1.82, 2.24) is 20.4 Å². The zero-order valence-electron chi connectivity index (χ0n) is 15.8. The molecule has 0 saturated carbocycles. The normalized spacial score (nSPS) is 11.3. The summed E-state index contributed by atoms with van der Waals surface area (Å²) in [6, 6.07) is 17.0. The molecule has 28 heavy (non-hydrogen) atoms. The third kappa shape index (κ3) is 5.47. The molecule has 0 aliphatic heterocycles. The standard InChI is InChI=1S/C20H22ClN5O2/c1-22-20(26(2)12-13-27-17-6-4-3-5-7-17)23-14-18-24-19(25-28-18)15-8-10-16(21)11-9-15/h3-11H,12-14H2,1-2H3,(H,22,23). The van der Waals surface area contributed by atoms with E-state index in [4.69, 9.17) is 20.9 Å². The van der Waals surface area contributed by atoms with Crippen LogP contribution in [-0.4, -0.2) is 48.2 Å². The molecule has 0 spiro atoms. The van der Waals surface area contributed by atoms with Gasteiger partial charge in [-0.3, -0.25) is 4.99 Å². The van der Waals surface area contributed by atoms with Crippen LogP contribution in [0.4, 0.5) is 0 Å². The molecule has 0 aliphatic rings. The molecule has 1 N–H and O–H groups in total. The van der Waals surface area contributed by atoms with Gasteiger partial charge in [-0.2, -0.15) is 4.98 Å². The number of guanidine groups is 1. The van der Waals surface area contributed by atoms with E-state index in [1.807, 2.05) is 54.4 Å². The highest BCUT2D eigenvalue weighted by Crippen LogP contribution is 2.18. The molecule has 3 aromatic rings. The molecule has 0 radical (unpaired) electrons. The summed E-state index contributed by atoms with van der Waals surface area (Å²) in [7, 11) is 3.67. The summed E-state index contributed by atoms with van der Waals surface area (Å²) in [5, 5.41) is 7.88. The van der Waals surface area contributed by atoms with Crippen LogP contribution in [0.1, 0.15) is 5.89 Å². The quantitative estimate of drug-likeness (QED) is 0.484. The number of aromatic nitrogens is 2. The lowest BCUT2D eigenvalue weighted by atomic mass is 10.2. The number of ether oxygens (including phenoxy) is 1. The molecule has 1 aromatic heterocycles. The van der Waals surface area contributed by atoms with Crippen molar-refractivity contribution in [2.24, 2.45) is 4.99 Å². The first-order valence-electron chi connectivity index (χ1n) is 8.84. The molecule has 8 heteroatoms. The molecule has 1 heterocycles. The molecular weight excluding hydrogens is 378 g/mol. The van der Waals surface area contributed by atoms with Crippen LogP contribution in [0.3, 0.4) is 0 Å². The van der Waals surface area contributed by atoms with Crippen LogP contribution in [0.2, 0.25) is 5.02 Å². The maximum absolute atomic E-state index is 5.90. The highest BCUT2D eigenvalue weighted by molar-refractivity contribution is 6.30. The Bertz CT molecular complexity index is 896. The maximum Gasteiger partial charge on any atom is 0.246 e. The number of nitrogens with one attached hydrogen (secondary N) is 1. The second-order valence-corrected chi connectivity index (χ2v) is 6.44. The summed E-state index contributed by atoms with van der Waals surface area (Å²) in [5.74, 6) is 2.55. The number of hydrogen-bond acceptors (Lipinski definition) is 5. The van der Waals surface area contributed by atoms with E-state index in [-0.39, 0.29) is 0 Å². The fourth-order valence-corrected chi connectivity index (χ4v) is 2.63. The summed E-state index contributed by atoms with van der Waals surface area (Å²) >= 11 is 5.90. The van der Waals surface area contributed by atoms with Gasteiger partial charge in [-0.15, -0.1) is 0 Å². The maximum atomic E-state index is 5.90. The van der Waals surface area contributed by atoms with Crippen LogP contribution >= 0.6 is 11.6 Å². The molecular formula is C20H22ClN5O2.